The van der Waals surface area contributed by atoms with E-state index in [0.29, 0.717) is 0 Å². The second-order valence-corrected chi connectivity index (χ2v) is 8.19. The Kier molecular flexibility index (Phi) is 5.60. The zero-order chi connectivity index (χ0) is 20.4. The van der Waals surface area contributed by atoms with Crippen molar-refractivity contribution in [3.63, 3.8) is 0 Å². The fraction of sp³-hybridized carbons (Fsp3) is 0.318. The van der Waals surface area contributed by atoms with Crippen molar-refractivity contribution in [2.45, 2.75) is 39.3 Å². The maximum atomic E-state index is 11.0. The van der Waals surface area contributed by atoms with Gasteiger partial charge in [-0.1, -0.05) is 12.1 Å². The molecule has 4 rings (SSSR count). The van der Waals surface area contributed by atoms with E-state index in [-0.39, 0.29) is 16.7 Å². The number of aryl methyl sites for hydroxylation is 2. The Balaban J connectivity index is 1.80. The minimum Gasteiger partial charge on any atom is -0.376 e. The summed E-state index contributed by atoms with van der Waals surface area (Å²) in [5.74, 6) is 0. The third-order valence-electron chi connectivity index (χ3n) is 5.16. The summed E-state index contributed by atoms with van der Waals surface area (Å²) in [6.45, 7) is 5.65. The zero-order valence-corrected chi connectivity index (χ0v) is 17.3. The van der Waals surface area contributed by atoms with Gasteiger partial charge >= 0.3 is 0 Å². The average Bonchev–Trinajstić information content (AvgIpc) is 3.36. The maximum absolute atomic E-state index is 11.0. The van der Waals surface area contributed by atoms with Crippen LogP contribution in [-0.2, 0) is 11.3 Å². The molecule has 1 aliphatic rings. The summed E-state index contributed by atoms with van der Waals surface area (Å²) in [5.41, 5.74) is 5.30. The van der Waals surface area contributed by atoms with Gasteiger partial charge in [-0.25, -0.2) is 4.99 Å². The smallest absolute Gasteiger partial charge is 0.269 e. The van der Waals surface area contributed by atoms with E-state index in [9.17, 15) is 10.1 Å². The van der Waals surface area contributed by atoms with Gasteiger partial charge in [0, 0.05) is 24.1 Å². The number of thiazole rings is 1. The van der Waals surface area contributed by atoms with Crippen LogP contribution in [0.2, 0.25) is 0 Å². The quantitative estimate of drug-likeness (QED) is 0.432. The van der Waals surface area contributed by atoms with Crippen molar-refractivity contribution in [3.05, 3.63) is 73.9 Å². The molecule has 1 aromatic heterocycles. The van der Waals surface area contributed by atoms with Crippen LogP contribution in [0.4, 0.5) is 11.4 Å². The Hall–Kier alpha value is -2.77. The molecule has 3 aromatic rings. The summed E-state index contributed by atoms with van der Waals surface area (Å²) in [5, 5.41) is 13.1. The SMILES string of the molecule is Cc1ccc(C)c(N=c2scc(-c3ccc([N+](=O)[O-])cc3)n2CC2CCCO2)c1. The summed E-state index contributed by atoms with van der Waals surface area (Å²) >= 11 is 1.58. The highest BCUT2D eigenvalue weighted by atomic mass is 32.1. The Morgan fingerprint density at radius 2 is 2.03 bits per heavy atom. The van der Waals surface area contributed by atoms with E-state index in [1.54, 1.807) is 35.6 Å². The molecule has 1 aliphatic heterocycles. The molecule has 0 aliphatic carbocycles. The summed E-state index contributed by atoms with van der Waals surface area (Å²) < 4.78 is 8.05. The lowest BCUT2D eigenvalue weighted by Crippen LogP contribution is -2.24. The molecule has 1 saturated heterocycles. The topological polar surface area (TPSA) is 69.7 Å². The Morgan fingerprint density at radius 1 is 1.24 bits per heavy atom. The monoisotopic (exact) mass is 409 g/mol. The lowest BCUT2D eigenvalue weighted by atomic mass is 10.1. The van der Waals surface area contributed by atoms with Crippen LogP contribution < -0.4 is 4.80 Å². The molecule has 0 spiro atoms. The van der Waals surface area contributed by atoms with Gasteiger partial charge in [0.1, 0.15) is 0 Å². The van der Waals surface area contributed by atoms with Gasteiger partial charge < -0.3 is 9.30 Å². The highest BCUT2D eigenvalue weighted by molar-refractivity contribution is 7.07. The van der Waals surface area contributed by atoms with Gasteiger partial charge in [-0.15, -0.1) is 11.3 Å². The van der Waals surface area contributed by atoms with Gasteiger partial charge in [-0.3, -0.25) is 10.1 Å². The first-order valence-electron chi connectivity index (χ1n) is 9.68. The summed E-state index contributed by atoms with van der Waals surface area (Å²) in [6.07, 6.45) is 2.27. The number of hydrogen-bond acceptors (Lipinski definition) is 5. The second kappa shape index (κ2) is 8.31. The Morgan fingerprint density at radius 3 is 2.72 bits per heavy atom. The van der Waals surface area contributed by atoms with Crippen LogP contribution in [0, 0.1) is 24.0 Å². The van der Waals surface area contributed by atoms with Gasteiger partial charge in [0.25, 0.3) is 5.69 Å². The number of nitro benzene ring substituents is 1. The van der Waals surface area contributed by atoms with Crippen molar-refractivity contribution in [1.82, 2.24) is 4.57 Å². The molecule has 0 N–H and O–H groups in total. The summed E-state index contributed by atoms with van der Waals surface area (Å²) in [7, 11) is 0. The summed E-state index contributed by atoms with van der Waals surface area (Å²) in [4.78, 5) is 16.5. The van der Waals surface area contributed by atoms with Gasteiger partial charge in [0.05, 0.1) is 29.0 Å². The molecule has 7 heteroatoms. The van der Waals surface area contributed by atoms with Crippen LogP contribution in [0.1, 0.15) is 24.0 Å². The van der Waals surface area contributed by atoms with Crippen LogP contribution in [0.15, 0.2) is 52.8 Å². The third kappa shape index (κ3) is 4.31. The number of benzene rings is 2. The highest BCUT2D eigenvalue weighted by Crippen LogP contribution is 2.26. The van der Waals surface area contributed by atoms with Crippen LogP contribution in [-0.4, -0.2) is 22.2 Å². The number of rotatable bonds is 5. The van der Waals surface area contributed by atoms with Crippen molar-refractivity contribution in [3.8, 4) is 11.3 Å². The number of nitro groups is 1. The Labute approximate surface area is 173 Å². The van der Waals surface area contributed by atoms with Crippen LogP contribution in [0.3, 0.4) is 0 Å². The predicted octanol–water partition coefficient (Wildman–Crippen LogP) is 5.15. The third-order valence-corrected chi connectivity index (χ3v) is 6.03. The van der Waals surface area contributed by atoms with Crippen LogP contribution >= 0.6 is 11.3 Å². The molecule has 1 atom stereocenters. The first-order valence-corrected chi connectivity index (χ1v) is 10.6. The largest absolute Gasteiger partial charge is 0.376 e. The highest BCUT2D eigenvalue weighted by Gasteiger charge is 2.19. The standard InChI is InChI=1S/C22H23N3O3S/c1-15-5-6-16(2)20(12-15)23-22-24(13-19-4-3-11-28-19)21(14-29-22)17-7-9-18(10-8-17)25(26)27/h5-10,12,14,19H,3-4,11,13H2,1-2H3. The van der Waals surface area contributed by atoms with E-state index in [1.165, 1.54) is 5.56 Å². The van der Waals surface area contributed by atoms with E-state index in [2.05, 4.69) is 42.0 Å². The molecule has 1 fully saturated rings. The molecule has 150 valence electrons. The molecule has 6 nitrogen and oxygen atoms in total. The molecule has 0 saturated carbocycles. The van der Waals surface area contributed by atoms with Crippen molar-refractivity contribution in [1.29, 1.82) is 0 Å². The number of nitrogens with zero attached hydrogens (tertiary/aromatic N) is 3. The van der Waals surface area contributed by atoms with Gasteiger partial charge in [-0.05, 0) is 61.6 Å². The molecule has 1 unspecified atom stereocenters. The number of non-ortho nitro benzene ring substituents is 1. The normalized spacial score (nSPS) is 17.0. The van der Waals surface area contributed by atoms with Crippen LogP contribution in [0.5, 0.6) is 0 Å². The average molecular weight is 410 g/mol. The molecule has 0 radical (unpaired) electrons. The van der Waals surface area contributed by atoms with Crippen molar-refractivity contribution in [2.75, 3.05) is 6.61 Å². The fourth-order valence-corrected chi connectivity index (χ4v) is 4.45. The first-order chi connectivity index (χ1) is 14.0. The number of aromatic nitrogens is 1. The molecule has 0 amide bonds. The Bertz CT molecular complexity index is 1090. The van der Waals surface area contributed by atoms with Crippen LogP contribution in [0.25, 0.3) is 11.3 Å². The molecule has 2 heterocycles. The molecular weight excluding hydrogens is 386 g/mol. The van der Waals surface area contributed by atoms with E-state index < -0.39 is 0 Å². The molecule has 2 aromatic carbocycles. The number of hydrogen-bond donors (Lipinski definition) is 0. The van der Waals surface area contributed by atoms with Gasteiger partial charge in [0.2, 0.25) is 0 Å². The summed E-state index contributed by atoms with van der Waals surface area (Å²) in [6, 6.07) is 13.0. The van der Waals surface area contributed by atoms with E-state index in [1.807, 2.05) is 0 Å². The zero-order valence-electron chi connectivity index (χ0n) is 16.5. The van der Waals surface area contributed by atoms with Crippen molar-refractivity contribution >= 4 is 22.7 Å². The second-order valence-electron chi connectivity index (χ2n) is 7.35. The van der Waals surface area contributed by atoms with E-state index in [4.69, 9.17) is 9.73 Å². The minimum absolute atomic E-state index is 0.0925. The van der Waals surface area contributed by atoms with Gasteiger partial charge in [0.15, 0.2) is 4.80 Å². The number of ether oxygens (including phenoxy) is 1. The molecule has 0 bridgehead atoms. The van der Waals surface area contributed by atoms with Crippen molar-refractivity contribution < 1.29 is 9.66 Å². The van der Waals surface area contributed by atoms with Crippen molar-refractivity contribution in [2.24, 2.45) is 4.99 Å². The maximum Gasteiger partial charge on any atom is 0.269 e. The lowest BCUT2D eigenvalue weighted by molar-refractivity contribution is -0.384. The minimum atomic E-state index is -0.376. The fourth-order valence-electron chi connectivity index (χ4n) is 3.51. The van der Waals surface area contributed by atoms with Gasteiger partial charge in [-0.2, -0.15) is 0 Å². The lowest BCUT2D eigenvalue weighted by Gasteiger charge is -2.14. The van der Waals surface area contributed by atoms with E-state index in [0.717, 1.165) is 53.3 Å². The predicted molar refractivity (Wildman–Crippen MR) is 115 cm³/mol. The molecule has 29 heavy (non-hydrogen) atoms. The molecular formula is C22H23N3O3S. The van der Waals surface area contributed by atoms with E-state index >= 15 is 0 Å². The first kappa shape index (κ1) is 19.5.